The van der Waals surface area contributed by atoms with Gasteiger partial charge in [-0.1, -0.05) is 0 Å². The molecule has 110 valence electrons. The van der Waals surface area contributed by atoms with Gasteiger partial charge in [-0.05, 0) is 44.2 Å². The van der Waals surface area contributed by atoms with E-state index in [0.29, 0.717) is 17.2 Å². The number of rotatable bonds is 4. The highest BCUT2D eigenvalue weighted by Gasteiger charge is 2.25. The van der Waals surface area contributed by atoms with Crippen LogP contribution in [-0.4, -0.2) is 27.3 Å². The monoisotopic (exact) mass is 289 g/mol. The van der Waals surface area contributed by atoms with Crippen LogP contribution < -0.4 is 0 Å². The molecule has 2 heterocycles. The van der Waals surface area contributed by atoms with E-state index >= 15 is 0 Å². The van der Waals surface area contributed by atoms with Crippen LogP contribution in [-0.2, 0) is 4.74 Å². The summed E-state index contributed by atoms with van der Waals surface area (Å²) in [6, 6.07) is 1.51. The highest BCUT2D eigenvalue weighted by molar-refractivity contribution is 5.90. The Morgan fingerprint density at radius 2 is 2.24 bits per heavy atom. The smallest absolute Gasteiger partial charge is 0.341 e. The molecule has 3 rings (SSSR count). The zero-order chi connectivity index (χ0) is 15.0. The fourth-order valence-corrected chi connectivity index (χ4v) is 2.27. The molecular formula is C15H16FN3O2. The van der Waals surface area contributed by atoms with E-state index in [-0.39, 0.29) is 12.4 Å². The van der Waals surface area contributed by atoms with Gasteiger partial charge in [0.15, 0.2) is 11.6 Å². The predicted octanol–water partition coefficient (Wildman–Crippen LogP) is 2.77. The molecule has 1 aliphatic carbocycles. The number of aromatic nitrogens is 3. The van der Waals surface area contributed by atoms with Gasteiger partial charge in [0, 0.05) is 6.20 Å². The number of hydrogen-bond acceptors (Lipinski definition) is 4. The van der Waals surface area contributed by atoms with Crippen LogP contribution in [0.1, 0.15) is 47.3 Å². The summed E-state index contributed by atoms with van der Waals surface area (Å²) in [5.41, 5.74) is 1.76. The molecule has 0 unspecified atom stereocenters. The summed E-state index contributed by atoms with van der Waals surface area (Å²) in [7, 11) is 0. The third-order valence-corrected chi connectivity index (χ3v) is 3.60. The van der Waals surface area contributed by atoms with Gasteiger partial charge in [-0.2, -0.15) is 5.10 Å². The minimum absolute atomic E-state index is 0.104. The van der Waals surface area contributed by atoms with Crippen LogP contribution >= 0.6 is 0 Å². The second kappa shape index (κ2) is 5.27. The molecule has 1 saturated carbocycles. The first-order valence-corrected chi connectivity index (χ1v) is 6.99. The van der Waals surface area contributed by atoms with Gasteiger partial charge >= 0.3 is 5.97 Å². The van der Waals surface area contributed by atoms with Crippen LogP contribution in [0.3, 0.4) is 0 Å². The van der Waals surface area contributed by atoms with Gasteiger partial charge in [0.25, 0.3) is 0 Å². The SMILES string of the molecule is CCOC(=O)c1cnn(-c2ncc(C3CC3)cc2F)c1C. The Morgan fingerprint density at radius 3 is 2.86 bits per heavy atom. The number of pyridine rings is 1. The molecule has 0 N–H and O–H groups in total. The van der Waals surface area contributed by atoms with Crippen molar-refractivity contribution in [1.82, 2.24) is 14.8 Å². The van der Waals surface area contributed by atoms with Crippen molar-refractivity contribution >= 4 is 5.97 Å². The maximum Gasteiger partial charge on any atom is 0.341 e. The van der Waals surface area contributed by atoms with Crippen molar-refractivity contribution in [3.05, 3.63) is 41.1 Å². The average molecular weight is 289 g/mol. The van der Waals surface area contributed by atoms with E-state index < -0.39 is 11.8 Å². The molecule has 1 fully saturated rings. The Labute approximate surface area is 121 Å². The third-order valence-electron chi connectivity index (χ3n) is 3.60. The van der Waals surface area contributed by atoms with Crippen molar-refractivity contribution in [1.29, 1.82) is 0 Å². The Balaban J connectivity index is 1.95. The topological polar surface area (TPSA) is 57.0 Å². The van der Waals surface area contributed by atoms with E-state index in [4.69, 9.17) is 4.74 Å². The van der Waals surface area contributed by atoms with Crippen molar-refractivity contribution in [3.8, 4) is 5.82 Å². The molecule has 0 radical (unpaired) electrons. The average Bonchev–Trinajstić information content (AvgIpc) is 3.23. The summed E-state index contributed by atoms with van der Waals surface area (Å²) in [5, 5.41) is 4.05. The first-order chi connectivity index (χ1) is 10.1. The number of hydrogen-bond donors (Lipinski definition) is 0. The number of ether oxygens (including phenoxy) is 1. The lowest BCUT2D eigenvalue weighted by molar-refractivity contribution is 0.0525. The molecule has 6 heteroatoms. The van der Waals surface area contributed by atoms with E-state index in [1.165, 1.54) is 16.9 Å². The van der Waals surface area contributed by atoms with Crippen molar-refractivity contribution in [2.24, 2.45) is 0 Å². The molecule has 1 aliphatic rings. The molecule has 0 aliphatic heterocycles. The molecule has 0 aromatic carbocycles. The quantitative estimate of drug-likeness (QED) is 0.812. The predicted molar refractivity (Wildman–Crippen MR) is 74.0 cm³/mol. The maximum atomic E-state index is 14.2. The molecule has 0 amide bonds. The number of carbonyl (C=O) groups excluding carboxylic acids is 1. The van der Waals surface area contributed by atoms with Gasteiger partial charge in [0.05, 0.1) is 18.5 Å². The van der Waals surface area contributed by atoms with Crippen LogP contribution in [0.15, 0.2) is 18.5 Å². The number of carbonyl (C=O) groups is 1. The largest absolute Gasteiger partial charge is 0.462 e. The highest BCUT2D eigenvalue weighted by Crippen LogP contribution is 2.40. The van der Waals surface area contributed by atoms with E-state index in [2.05, 4.69) is 10.1 Å². The lowest BCUT2D eigenvalue weighted by atomic mass is 10.2. The van der Waals surface area contributed by atoms with E-state index in [9.17, 15) is 9.18 Å². The van der Waals surface area contributed by atoms with Gasteiger partial charge in [-0.25, -0.2) is 18.9 Å². The van der Waals surface area contributed by atoms with Gasteiger partial charge in [0.2, 0.25) is 0 Å². The summed E-state index contributed by atoms with van der Waals surface area (Å²) >= 11 is 0. The number of halogens is 1. The van der Waals surface area contributed by atoms with Crippen molar-refractivity contribution in [2.45, 2.75) is 32.6 Å². The molecule has 0 spiro atoms. The minimum atomic E-state index is -0.462. The van der Waals surface area contributed by atoms with Gasteiger partial charge in [-0.15, -0.1) is 0 Å². The molecule has 21 heavy (non-hydrogen) atoms. The molecular weight excluding hydrogens is 273 g/mol. The summed E-state index contributed by atoms with van der Waals surface area (Å²) < 4.78 is 20.5. The van der Waals surface area contributed by atoms with Crippen LogP contribution in [0.2, 0.25) is 0 Å². The summed E-state index contributed by atoms with van der Waals surface area (Å²) in [6.45, 7) is 3.71. The second-order valence-corrected chi connectivity index (χ2v) is 5.12. The fraction of sp³-hybridized carbons (Fsp3) is 0.400. The maximum absolute atomic E-state index is 14.2. The van der Waals surface area contributed by atoms with Crippen molar-refractivity contribution < 1.29 is 13.9 Å². The molecule has 0 bridgehead atoms. The van der Waals surface area contributed by atoms with Crippen LogP contribution in [0.4, 0.5) is 4.39 Å². The van der Waals surface area contributed by atoms with Crippen molar-refractivity contribution in [2.75, 3.05) is 6.61 Å². The lowest BCUT2D eigenvalue weighted by Gasteiger charge is -2.07. The first kappa shape index (κ1) is 13.7. The normalized spacial score (nSPS) is 14.2. The Hall–Kier alpha value is -2.24. The number of esters is 1. The van der Waals surface area contributed by atoms with Gasteiger partial charge in [0.1, 0.15) is 5.56 Å². The Kier molecular flexibility index (Phi) is 3.45. The fourth-order valence-electron chi connectivity index (χ4n) is 2.27. The van der Waals surface area contributed by atoms with E-state index in [0.717, 1.165) is 18.4 Å². The zero-order valence-electron chi connectivity index (χ0n) is 12.0. The first-order valence-electron chi connectivity index (χ1n) is 6.99. The van der Waals surface area contributed by atoms with Gasteiger partial charge in [-0.3, -0.25) is 0 Å². The van der Waals surface area contributed by atoms with E-state index in [1.807, 2.05) is 0 Å². The van der Waals surface area contributed by atoms with Crippen LogP contribution in [0.25, 0.3) is 5.82 Å². The minimum Gasteiger partial charge on any atom is -0.462 e. The van der Waals surface area contributed by atoms with Gasteiger partial charge < -0.3 is 4.74 Å². The van der Waals surface area contributed by atoms with Crippen LogP contribution in [0, 0.1) is 12.7 Å². The lowest BCUT2D eigenvalue weighted by Crippen LogP contribution is -2.09. The molecule has 2 aromatic heterocycles. The molecule has 5 nitrogen and oxygen atoms in total. The number of nitrogens with zero attached hydrogens (tertiary/aromatic N) is 3. The summed E-state index contributed by atoms with van der Waals surface area (Å²) in [6.07, 6.45) is 5.24. The highest BCUT2D eigenvalue weighted by atomic mass is 19.1. The van der Waals surface area contributed by atoms with E-state index in [1.54, 1.807) is 20.0 Å². The zero-order valence-corrected chi connectivity index (χ0v) is 12.0. The van der Waals surface area contributed by atoms with Crippen molar-refractivity contribution in [3.63, 3.8) is 0 Å². The molecule has 0 saturated heterocycles. The van der Waals surface area contributed by atoms with Crippen LogP contribution in [0.5, 0.6) is 0 Å². The standard InChI is InChI=1S/C15H16FN3O2/c1-3-21-15(20)12-8-18-19(9(12)2)14-13(16)6-11(7-17-14)10-4-5-10/h6-8,10H,3-5H2,1-2H3. The summed E-state index contributed by atoms with van der Waals surface area (Å²) in [5.74, 6) is -0.348. The Bertz CT molecular complexity index is 692. The Morgan fingerprint density at radius 1 is 1.48 bits per heavy atom. The second-order valence-electron chi connectivity index (χ2n) is 5.12. The summed E-state index contributed by atoms with van der Waals surface area (Å²) in [4.78, 5) is 15.9. The third kappa shape index (κ3) is 2.53. The molecule has 2 aromatic rings. The molecule has 0 atom stereocenters.